The summed E-state index contributed by atoms with van der Waals surface area (Å²) in [4.78, 5) is 9.53. The maximum atomic E-state index is 6.72. The largest absolute Gasteiger partial charge is 0.468 e. The molecule has 3 N–H and O–H groups in total. The zero-order valence-electron chi connectivity index (χ0n) is 22.0. The van der Waals surface area contributed by atoms with E-state index in [1.807, 2.05) is 30.7 Å². The van der Waals surface area contributed by atoms with Crippen LogP contribution in [0.5, 0.6) is 0 Å². The molecule has 2 unspecified atom stereocenters. The summed E-state index contributed by atoms with van der Waals surface area (Å²) in [5, 5.41) is 11.8. The van der Waals surface area contributed by atoms with Crippen LogP contribution in [0, 0.1) is 5.92 Å². The van der Waals surface area contributed by atoms with Gasteiger partial charge in [-0.05, 0) is 55.3 Å². The standard InChI is InChI=1S/C33H30N6O/c1-2-6-23(7-3-1)33-37-25-10-11-28-30(31(25)40-33)24-8-4-5-9-27(24)39(28)29-20-26(21-12-16-34-17-13-21)36-32(38-29)22-14-18-35-19-15-22/h1-6,8-9,12-18,20,23,32-33,35-37H,7,10-11,19H2/t23?,32?,33-/m1/s1. The number of ether oxygens (including phenoxy) is 1. The van der Waals surface area contributed by atoms with Gasteiger partial charge in [0.2, 0.25) is 0 Å². The predicted molar refractivity (Wildman–Crippen MR) is 159 cm³/mol. The molecular formula is C33H30N6O. The first-order valence-electron chi connectivity index (χ1n) is 14.0. The third-order valence-corrected chi connectivity index (χ3v) is 8.26. The fourth-order valence-electron chi connectivity index (χ4n) is 6.34. The van der Waals surface area contributed by atoms with Crippen molar-refractivity contribution in [3.63, 3.8) is 0 Å². The molecule has 0 bridgehead atoms. The van der Waals surface area contributed by atoms with Crippen LogP contribution < -0.4 is 16.0 Å². The molecule has 0 radical (unpaired) electrons. The molecule has 1 aromatic carbocycles. The fraction of sp³-hybridized carbons (Fsp3) is 0.212. The Kier molecular flexibility index (Phi) is 5.47. The summed E-state index contributed by atoms with van der Waals surface area (Å²) in [6.45, 7) is 0.791. The minimum Gasteiger partial charge on any atom is -0.468 e. The van der Waals surface area contributed by atoms with Gasteiger partial charge in [0.25, 0.3) is 0 Å². The van der Waals surface area contributed by atoms with E-state index in [4.69, 9.17) is 9.73 Å². The van der Waals surface area contributed by atoms with E-state index in [1.54, 1.807) is 0 Å². The Morgan fingerprint density at radius 3 is 2.77 bits per heavy atom. The molecule has 3 aromatic rings. The van der Waals surface area contributed by atoms with E-state index in [9.17, 15) is 0 Å². The number of hydrogen-bond acceptors (Lipinski definition) is 6. The van der Waals surface area contributed by atoms with Crippen LogP contribution >= 0.6 is 0 Å². The third-order valence-electron chi connectivity index (χ3n) is 8.26. The Morgan fingerprint density at radius 2 is 1.93 bits per heavy atom. The molecule has 2 aromatic heterocycles. The van der Waals surface area contributed by atoms with Crippen molar-refractivity contribution in [2.24, 2.45) is 10.9 Å². The monoisotopic (exact) mass is 526 g/mol. The van der Waals surface area contributed by atoms with Gasteiger partial charge in [0, 0.05) is 58.8 Å². The lowest BCUT2D eigenvalue weighted by atomic mass is 9.97. The van der Waals surface area contributed by atoms with Crippen molar-refractivity contribution in [3.8, 4) is 0 Å². The van der Waals surface area contributed by atoms with Gasteiger partial charge in [0.05, 0.1) is 11.2 Å². The van der Waals surface area contributed by atoms with Crippen molar-refractivity contribution >= 4 is 28.2 Å². The van der Waals surface area contributed by atoms with Gasteiger partial charge in [0.1, 0.15) is 12.0 Å². The molecule has 0 fully saturated rings. The quantitative estimate of drug-likeness (QED) is 0.449. The number of hydrogen-bond donors (Lipinski definition) is 3. The van der Waals surface area contributed by atoms with Crippen LogP contribution in [0.15, 0.2) is 114 Å². The second-order valence-corrected chi connectivity index (χ2v) is 10.7. The normalized spacial score (nSPS) is 24.7. The van der Waals surface area contributed by atoms with Crippen molar-refractivity contribution in [2.45, 2.75) is 31.7 Å². The molecule has 0 saturated carbocycles. The van der Waals surface area contributed by atoms with Crippen molar-refractivity contribution in [3.05, 3.63) is 126 Å². The average Bonchev–Trinajstić information content (AvgIpc) is 3.62. The van der Waals surface area contributed by atoms with Crippen molar-refractivity contribution < 1.29 is 4.74 Å². The van der Waals surface area contributed by atoms with E-state index in [0.717, 1.165) is 59.8 Å². The topological polar surface area (TPSA) is 75.5 Å². The Labute approximate surface area is 233 Å². The minimum absolute atomic E-state index is 0.0447. The number of pyridine rings is 1. The van der Waals surface area contributed by atoms with Crippen LogP contribution in [0.2, 0.25) is 0 Å². The van der Waals surface area contributed by atoms with E-state index in [0.29, 0.717) is 5.92 Å². The van der Waals surface area contributed by atoms with Crippen LogP contribution in [0.4, 0.5) is 0 Å². The second-order valence-electron chi connectivity index (χ2n) is 10.7. The van der Waals surface area contributed by atoms with Crippen molar-refractivity contribution in [1.29, 1.82) is 0 Å². The van der Waals surface area contributed by atoms with E-state index in [1.165, 1.54) is 22.3 Å². The molecule has 0 saturated heterocycles. The van der Waals surface area contributed by atoms with Gasteiger partial charge < -0.3 is 20.7 Å². The number of allylic oxidation sites excluding steroid dienone is 5. The second kappa shape index (κ2) is 9.45. The number of aliphatic imine (C=N–C) groups is 1. The Morgan fingerprint density at radius 1 is 1.00 bits per heavy atom. The van der Waals surface area contributed by atoms with Gasteiger partial charge in [0.15, 0.2) is 12.0 Å². The van der Waals surface area contributed by atoms with E-state index < -0.39 is 0 Å². The van der Waals surface area contributed by atoms with Gasteiger partial charge in [-0.25, -0.2) is 4.99 Å². The van der Waals surface area contributed by atoms with Gasteiger partial charge in [-0.15, -0.1) is 0 Å². The summed E-state index contributed by atoms with van der Waals surface area (Å²) in [5.74, 6) is 2.24. The number of rotatable bonds is 3. The lowest BCUT2D eigenvalue weighted by Crippen LogP contribution is -2.35. The molecular weight excluding hydrogens is 496 g/mol. The third kappa shape index (κ3) is 3.80. The average molecular weight is 527 g/mol. The zero-order chi connectivity index (χ0) is 26.5. The van der Waals surface area contributed by atoms with Gasteiger partial charge >= 0.3 is 0 Å². The van der Waals surface area contributed by atoms with E-state index in [2.05, 4.69) is 92.3 Å². The summed E-state index contributed by atoms with van der Waals surface area (Å²) in [5.41, 5.74) is 8.07. The molecule has 5 aliphatic rings. The van der Waals surface area contributed by atoms with E-state index in [-0.39, 0.29) is 12.4 Å². The maximum absolute atomic E-state index is 6.72. The molecule has 3 aliphatic heterocycles. The molecule has 7 nitrogen and oxygen atoms in total. The molecule has 3 atom stereocenters. The molecule has 2 aliphatic carbocycles. The van der Waals surface area contributed by atoms with Crippen LogP contribution in [0.3, 0.4) is 0 Å². The maximum Gasteiger partial charge on any atom is 0.176 e. The lowest BCUT2D eigenvalue weighted by molar-refractivity contribution is 0.127. The van der Waals surface area contributed by atoms with Crippen LogP contribution in [0.1, 0.15) is 29.7 Å². The Balaban J connectivity index is 1.26. The van der Waals surface area contributed by atoms with Crippen LogP contribution in [-0.4, -0.2) is 34.3 Å². The molecule has 198 valence electrons. The number of dihydropyridines is 1. The molecule has 0 spiro atoms. The summed E-state index contributed by atoms with van der Waals surface area (Å²) in [7, 11) is 0. The van der Waals surface area contributed by atoms with Crippen molar-refractivity contribution in [2.75, 3.05) is 6.54 Å². The number of para-hydroxylation sites is 1. The minimum atomic E-state index is -0.198. The first-order valence-corrected chi connectivity index (χ1v) is 14.0. The smallest absolute Gasteiger partial charge is 0.176 e. The summed E-state index contributed by atoms with van der Waals surface area (Å²) < 4.78 is 9.07. The highest BCUT2D eigenvalue weighted by molar-refractivity contribution is 6.09. The van der Waals surface area contributed by atoms with Crippen LogP contribution in [0.25, 0.3) is 22.4 Å². The number of benzene rings is 1. The van der Waals surface area contributed by atoms with Gasteiger partial charge in [-0.2, -0.15) is 0 Å². The predicted octanol–water partition coefficient (Wildman–Crippen LogP) is 4.99. The first kappa shape index (κ1) is 23.1. The van der Waals surface area contributed by atoms with E-state index >= 15 is 0 Å². The summed E-state index contributed by atoms with van der Waals surface area (Å²) in [6, 6.07) is 12.7. The molecule has 5 heterocycles. The fourth-order valence-corrected chi connectivity index (χ4v) is 6.34. The number of fused-ring (bicyclic) bond motifs is 4. The van der Waals surface area contributed by atoms with Gasteiger partial charge in [-0.1, -0.05) is 48.6 Å². The summed E-state index contributed by atoms with van der Waals surface area (Å²) >= 11 is 0. The van der Waals surface area contributed by atoms with Crippen LogP contribution in [-0.2, 0) is 11.2 Å². The lowest BCUT2D eigenvalue weighted by Gasteiger charge is -2.27. The zero-order valence-corrected chi connectivity index (χ0v) is 22.0. The highest BCUT2D eigenvalue weighted by atomic mass is 16.5. The number of nitrogens with zero attached hydrogens (tertiary/aromatic N) is 3. The number of nitrogens with one attached hydrogen (secondary N) is 3. The molecule has 8 rings (SSSR count). The highest BCUT2D eigenvalue weighted by Crippen LogP contribution is 2.43. The Hall–Kier alpha value is -4.78. The SMILES string of the molecule is C1=CCC([C@@H]2NC3=C(O2)c2c(n(C4=NC(C5=CCNC=C5)NC(c5ccncc5)=C4)c4ccccc24)CC3)C=C1. The highest BCUT2D eigenvalue weighted by Gasteiger charge is 2.37. The van der Waals surface area contributed by atoms with Crippen molar-refractivity contribution in [1.82, 2.24) is 25.5 Å². The first-order chi connectivity index (χ1) is 19.8. The molecule has 0 amide bonds. The number of aromatic nitrogens is 2. The Bertz CT molecular complexity index is 1720. The summed E-state index contributed by atoms with van der Waals surface area (Å²) in [6.07, 6.45) is 23.4. The van der Waals surface area contributed by atoms with Gasteiger partial charge in [-0.3, -0.25) is 9.55 Å². The molecule has 7 heteroatoms. The molecule has 40 heavy (non-hydrogen) atoms.